The monoisotopic (exact) mass is 392 g/mol. The topological polar surface area (TPSA) is 75.7 Å². The van der Waals surface area contributed by atoms with E-state index in [4.69, 9.17) is 5.10 Å². The Morgan fingerprint density at radius 2 is 1.86 bits per heavy atom. The van der Waals surface area contributed by atoms with Gasteiger partial charge in [0.15, 0.2) is 5.82 Å². The van der Waals surface area contributed by atoms with Crippen LogP contribution in [0.15, 0.2) is 35.5 Å². The molecule has 1 saturated heterocycles. The standard InChI is InChI=1S/C21H24N6O2/c1-24-9-4-6-16(20(24)28)21(29)26-13-11-25(12-14-26)19-18-15-5-2-3-7-17(15)23-27(18)10-8-22-19/h4,6,8-10H,2-3,5,7,11-14H2,1H3. The van der Waals surface area contributed by atoms with Gasteiger partial charge in [0.25, 0.3) is 11.5 Å². The molecule has 0 spiro atoms. The molecule has 29 heavy (non-hydrogen) atoms. The SMILES string of the molecule is Cn1cccc(C(=O)N2CCN(c3nccn4nc5c(c34)CCCC5)CC2)c1=O. The van der Waals surface area contributed by atoms with E-state index < -0.39 is 0 Å². The summed E-state index contributed by atoms with van der Waals surface area (Å²) in [4.78, 5) is 33.8. The van der Waals surface area contributed by atoms with Crippen LogP contribution in [0.4, 0.5) is 5.82 Å². The molecule has 0 saturated carbocycles. The molecular formula is C21H24N6O2. The van der Waals surface area contributed by atoms with Crippen LogP contribution in [0.25, 0.3) is 5.52 Å². The van der Waals surface area contributed by atoms with Crippen LogP contribution in [0.1, 0.15) is 34.5 Å². The molecule has 8 nitrogen and oxygen atoms in total. The Bertz CT molecular complexity index is 1140. The Morgan fingerprint density at radius 3 is 2.69 bits per heavy atom. The Hall–Kier alpha value is -3.16. The number of nitrogens with zero attached hydrogens (tertiary/aromatic N) is 6. The van der Waals surface area contributed by atoms with Crippen LogP contribution in [-0.4, -0.2) is 56.2 Å². The van der Waals surface area contributed by atoms with Crippen molar-refractivity contribution in [3.63, 3.8) is 0 Å². The van der Waals surface area contributed by atoms with Crippen molar-refractivity contribution in [2.24, 2.45) is 7.05 Å². The van der Waals surface area contributed by atoms with Crippen molar-refractivity contribution in [1.82, 2.24) is 24.1 Å². The summed E-state index contributed by atoms with van der Waals surface area (Å²) in [6.07, 6.45) is 9.85. The fourth-order valence-corrected chi connectivity index (χ4v) is 4.43. The number of aromatic nitrogens is 4. The molecule has 4 heterocycles. The van der Waals surface area contributed by atoms with E-state index >= 15 is 0 Å². The first kappa shape index (κ1) is 17.9. The van der Waals surface area contributed by atoms with Crippen molar-refractivity contribution in [2.75, 3.05) is 31.1 Å². The van der Waals surface area contributed by atoms with Gasteiger partial charge in [-0.25, -0.2) is 9.50 Å². The van der Waals surface area contributed by atoms with E-state index in [0.717, 1.165) is 24.2 Å². The molecule has 3 aromatic heterocycles. The maximum Gasteiger partial charge on any atom is 0.263 e. The lowest BCUT2D eigenvalue weighted by molar-refractivity contribution is 0.0744. The number of hydrogen-bond acceptors (Lipinski definition) is 5. The molecule has 0 bridgehead atoms. The van der Waals surface area contributed by atoms with Crippen LogP contribution in [-0.2, 0) is 19.9 Å². The molecule has 8 heteroatoms. The Labute approximate surface area is 168 Å². The van der Waals surface area contributed by atoms with Crippen molar-refractivity contribution in [3.05, 3.63) is 57.9 Å². The van der Waals surface area contributed by atoms with Crippen molar-refractivity contribution in [2.45, 2.75) is 25.7 Å². The van der Waals surface area contributed by atoms with E-state index in [0.29, 0.717) is 26.2 Å². The molecule has 1 amide bonds. The molecule has 0 atom stereocenters. The molecule has 3 aromatic rings. The molecule has 0 aromatic carbocycles. The summed E-state index contributed by atoms with van der Waals surface area (Å²) in [5, 5.41) is 4.76. The number of carbonyl (C=O) groups excluding carboxylic acids is 1. The van der Waals surface area contributed by atoms with Crippen LogP contribution < -0.4 is 10.5 Å². The van der Waals surface area contributed by atoms with Gasteiger partial charge in [-0.1, -0.05) is 0 Å². The molecular weight excluding hydrogens is 368 g/mol. The lowest BCUT2D eigenvalue weighted by atomic mass is 9.97. The average molecular weight is 392 g/mol. The summed E-state index contributed by atoms with van der Waals surface area (Å²) in [5.74, 6) is 0.754. The predicted molar refractivity (Wildman–Crippen MR) is 109 cm³/mol. The molecule has 0 radical (unpaired) electrons. The summed E-state index contributed by atoms with van der Waals surface area (Å²) < 4.78 is 3.40. The van der Waals surface area contributed by atoms with Crippen LogP contribution in [0.2, 0.25) is 0 Å². The first-order valence-electron chi connectivity index (χ1n) is 10.2. The summed E-state index contributed by atoms with van der Waals surface area (Å²) in [7, 11) is 1.66. The summed E-state index contributed by atoms with van der Waals surface area (Å²) in [5.41, 5.74) is 3.61. The minimum Gasteiger partial charge on any atom is -0.351 e. The Balaban J connectivity index is 1.39. The van der Waals surface area contributed by atoms with Gasteiger partial charge in [0.05, 0.1) is 5.69 Å². The average Bonchev–Trinajstić information content (AvgIpc) is 3.14. The number of piperazine rings is 1. The highest BCUT2D eigenvalue weighted by Gasteiger charge is 2.27. The Morgan fingerprint density at radius 1 is 1.07 bits per heavy atom. The highest BCUT2D eigenvalue weighted by molar-refractivity contribution is 5.94. The zero-order chi connectivity index (χ0) is 20.0. The predicted octanol–water partition coefficient (Wildman–Crippen LogP) is 1.27. The van der Waals surface area contributed by atoms with Crippen molar-refractivity contribution in [3.8, 4) is 0 Å². The van der Waals surface area contributed by atoms with Gasteiger partial charge in [0, 0.05) is 57.4 Å². The zero-order valence-corrected chi connectivity index (χ0v) is 16.5. The molecule has 1 aliphatic carbocycles. The van der Waals surface area contributed by atoms with Crippen LogP contribution in [0.5, 0.6) is 0 Å². The van der Waals surface area contributed by atoms with Gasteiger partial charge in [-0.15, -0.1) is 0 Å². The van der Waals surface area contributed by atoms with E-state index in [1.54, 1.807) is 36.5 Å². The van der Waals surface area contributed by atoms with Gasteiger partial charge in [-0.3, -0.25) is 9.59 Å². The number of anilines is 1. The third-order valence-corrected chi connectivity index (χ3v) is 6.02. The molecule has 1 aliphatic heterocycles. The molecule has 0 N–H and O–H groups in total. The van der Waals surface area contributed by atoms with Crippen LogP contribution >= 0.6 is 0 Å². The molecule has 150 valence electrons. The smallest absolute Gasteiger partial charge is 0.263 e. The van der Waals surface area contributed by atoms with E-state index in [9.17, 15) is 9.59 Å². The van der Waals surface area contributed by atoms with Gasteiger partial charge in [0.2, 0.25) is 0 Å². The highest BCUT2D eigenvalue weighted by atomic mass is 16.2. The van der Waals surface area contributed by atoms with Gasteiger partial charge < -0.3 is 14.4 Å². The lowest BCUT2D eigenvalue weighted by Crippen LogP contribution is -2.50. The fourth-order valence-electron chi connectivity index (χ4n) is 4.43. The Kier molecular flexibility index (Phi) is 4.34. The molecule has 1 fully saturated rings. The van der Waals surface area contributed by atoms with Gasteiger partial charge in [-0.05, 0) is 37.8 Å². The minimum absolute atomic E-state index is 0.196. The maximum absolute atomic E-state index is 12.8. The van der Waals surface area contributed by atoms with Gasteiger partial charge in [0.1, 0.15) is 11.1 Å². The summed E-state index contributed by atoms with van der Waals surface area (Å²) in [6.45, 7) is 2.50. The van der Waals surface area contributed by atoms with E-state index in [1.807, 2.05) is 10.7 Å². The highest BCUT2D eigenvalue weighted by Crippen LogP contribution is 2.30. The first-order valence-corrected chi connectivity index (χ1v) is 10.2. The maximum atomic E-state index is 12.8. The van der Waals surface area contributed by atoms with Crippen molar-refractivity contribution in [1.29, 1.82) is 0 Å². The lowest BCUT2D eigenvalue weighted by Gasteiger charge is -2.35. The van der Waals surface area contributed by atoms with Crippen molar-refractivity contribution >= 4 is 17.2 Å². The number of aryl methyl sites for hydroxylation is 3. The van der Waals surface area contributed by atoms with Crippen LogP contribution in [0, 0.1) is 0 Å². The third-order valence-electron chi connectivity index (χ3n) is 6.02. The second-order valence-electron chi connectivity index (χ2n) is 7.79. The first-order chi connectivity index (χ1) is 14.1. The number of pyridine rings is 1. The number of hydrogen-bond donors (Lipinski definition) is 0. The number of rotatable bonds is 2. The van der Waals surface area contributed by atoms with E-state index in [1.165, 1.54) is 28.7 Å². The molecule has 0 unspecified atom stereocenters. The van der Waals surface area contributed by atoms with Crippen molar-refractivity contribution < 1.29 is 4.79 Å². The third kappa shape index (κ3) is 2.99. The molecule has 2 aliphatic rings. The van der Waals surface area contributed by atoms with E-state index in [2.05, 4.69) is 9.88 Å². The second-order valence-corrected chi connectivity index (χ2v) is 7.79. The van der Waals surface area contributed by atoms with Gasteiger partial charge in [-0.2, -0.15) is 5.10 Å². The number of amides is 1. The van der Waals surface area contributed by atoms with E-state index in [-0.39, 0.29) is 17.0 Å². The number of fused-ring (bicyclic) bond motifs is 3. The zero-order valence-electron chi connectivity index (χ0n) is 16.5. The second kappa shape index (κ2) is 7.02. The fraction of sp³-hybridized carbons (Fsp3) is 0.429. The van der Waals surface area contributed by atoms with Crippen LogP contribution in [0.3, 0.4) is 0 Å². The minimum atomic E-state index is -0.253. The summed E-state index contributed by atoms with van der Waals surface area (Å²) in [6, 6.07) is 3.34. The molecule has 5 rings (SSSR count). The summed E-state index contributed by atoms with van der Waals surface area (Å²) >= 11 is 0. The quantitative estimate of drug-likeness (QED) is 0.657. The number of carbonyl (C=O) groups is 1. The van der Waals surface area contributed by atoms with Gasteiger partial charge >= 0.3 is 0 Å². The normalized spacial score (nSPS) is 16.9. The largest absolute Gasteiger partial charge is 0.351 e.